The fourth-order valence-electron chi connectivity index (χ4n) is 2.50. The molecule has 0 aromatic heterocycles. The van der Waals surface area contributed by atoms with Gasteiger partial charge in [-0.3, -0.25) is 4.90 Å². The van der Waals surface area contributed by atoms with Crippen molar-refractivity contribution in [2.75, 3.05) is 4.90 Å². The summed E-state index contributed by atoms with van der Waals surface area (Å²) >= 11 is 6.14. The molecule has 0 saturated heterocycles. The van der Waals surface area contributed by atoms with E-state index in [1.54, 1.807) is 12.1 Å². The van der Waals surface area contributed by atoms with Crippen LogP contribution in [-0.4, -0.2) is 29.3 Å². The van der Waals surface area contributed by atoms with Gasteiger partial charge in [-0.05, 0) is 32.9 Å². The monoisotopic (exact) mass is 404 g/mol. The van der Waals surface area contributed by atoms with Crippen LogP contribution in [0, 0.1) is 0 Å². The van der Waals surface area contributed by atoms with Crippen LogP contribution < -0.4 is 10.2 Å². The summed E-state index contributed by atoms with van der Waals surface area (Å²) in [5.74, 6) is -2.74. The third-order valence-electron chi connectivity index (χ3n) is 3.77. The first-order valence-corrected chi connectivity index (χ1v) is 8.07. The number of para-hydroxylation sites is 1. The van der Waals surface area contributed by atoms with Crippen molar-refractivity contribution >= 4 is 29.2 Å². The van der Waals surface area contributed by atoms with Gasteiger partial charge in [-0.2, -0.15) is 13.2 Å². The van der Waals surface area contributed by atoms with Crippen molar-refractivity contribution in [3.05, 3.63) is 52.1 Å². The molecule has 0 bridgehead atoms. The number of hydrogen-bond acceptors (Lipinski definition) is 5. The number of halogens is 4. The van der Waals surface area contributed by atoms with E-state index >= 15 is 0 Å². The van der Waals surface area contributed by atoms with Crippen molar-refractivity contribution in [3.8, 4) is 0 Å². The highest BCUT2D eigenvalue weighted by atomic mass is 35.5. The molecular formula is C17H16ClF3N2O4. The second-order valence-electron chi connectivity index (χ2n) is 5.75. The molecule has 6 nitrogen and oxygen atoms in total. The maximum Gasteiger partial charge on any atom is 0.425 e. The average Bonchev–Trinajstić information content (AvgIpc) is 2.53. The number of aliphatic carboxylic acids is 1. The lowest BCUT2D eigenvalue weighted by molar-refractivity contribution is -0.214. The Hall–Kier alpha value is -2.68. The molecule has 1 atom stereocenters. The number of esters is 1. The zero-order chi connectivity index (χ0) is 20.5. The molecule has 1 aromatic carbocycles. The average molecular weight is 405 g/mol. The Labute approximate surface area is 157 Å². The Morgan fingerprint density at radius 1 is 1.19 bits per heavy atom. The van der Waals surface area contributed by atoms with E-state index in [-0.39, 0.29) is 27.8 Å². The van der Waals surface area contributed by atoms with Crippen LogP contribution in [0.1, 0.15) is 20.8 Å². The Balaban J connectivity index is 2.59. The fraction of sp³-hybridized carbons (Fsp3) is 0.294. The number of carboxylic acid groups (broad SMARTS) is 1. The van der Waals surface area contributed by atoms with E-state index in [0.717, 1.165) is 4.90 Å². The van der Waals surface area contributed by atoms with Crippen molar-refractivity contribution in [1.29, 1.82) is 0 Å². The lowest BCUT2D eigenvalue weighted by atomic mass is 10.1. The summed E-state index contributed by atoms with van der Waals surface area (Å²) in [7, 11) is 0. The lowest BCUT2D eigenvalue weighted by Crippen LogP contribution is -2.42. The van der Waals surface area contributed by atoms with Crippen molar-refractivity contribution in [2.24, 2.45) is 0 Å². The van der Waals surface area contributed by atoms with Gasteiger partial charge in [-0.25, -0.2) is 9.59 Å². The zero-order valence-corrected chi connectivity index (χ0v) is 15.3. The van der Waals surface area contributed by atoms with Crippen LogP contribution in [-0.2, 0) is 14.3 Å². The van der Waals surface area contributed by atoms with Crippen molar-refractivity contribution < 1.29 is 32.6 Å². The van der Waals surface area contributed by atoms with Crippen molar-refractivity contribution in [1.82, 2.24) is 5.32 Å². The first-order valence-electron chi connectivity index (χ1n) is 7.69. The largest absolute Gasteiger partial charge is 0.477 e. The van der Waals surface area contributed by atoms with Gasteiger partial charge in [0.05, 0.1) is 10.7 Å². The zero-order valence-electron chi connectivity index (χ0n) is 14.5. The van der Waals surface area contributed by atoms with Gasteiger partial charge in [-0.1, -0.05) is 23.7 Å². The second-order valence-corrected chi connectivity index (χ2v) is 6.16. The van der Waals surface area contributed by atoms with Crippen LogP contribution in [0.4, 0.5) is 18.9 Å². The number of rotatable bonds is 4. The van der Waals surface area contributed by atoms with E-state index in [1.807, 2.05) is 0 Å². The molecule has 1 heterocycles. The van der Waals surface area contributed by atoms with E-state index in [4.69, 9.17) is 11.6 Å². The van der Waals surface area contributed by atoms with Crippen LogP contribution in [0.15, 0.2) is 47.1 Å². The molecule has 2 rings (SSSR count). The van der Waals surface area contributed by atoms with E-state index < -0.39 is 29.9 Å². The van der Waals surface area contributed by atoms with E-state index in [0.29, 0.717) is 6.92 Å². The summed E-state index contributed by atoms with van der Waals surface area (Å²) in [5, 5.41) is 12.4. The minimum atomic E-state index is -4.76. The third kappa shape index (κ3) is 4.19. The molecule has 1 aromatic rings. The summed E-state index contributed by atoms with van der Waals surface area (Å²) < 4.78 is 42.9. The number of allylic oxidation sites excluding steroid dienone is 2. The molecule has 0 spiro atoms. The number of carbonyl (C=O) groups excluding carboxylic acids is 1. The molecule has 0 fully saturated rings. The highest BCUT2D eigenvalue weighted by Gasteiger charge is 2.42. The Morgan fingerprint density at radius 3 is 2.26 bits per heavy atom. The van der Waals surface area contributed by atoms with Gasteiger partial charge < -0.3 is 15.2 Å². The Bertz CT molecular complexity index is 849. The molecular weight excluding hydrogens is 389 g/mol. The van der Waals surface area contributed by atoms with Gasteiger partial charge >= 0.3 is 18.1 Å². The Kier molecular flexibility index (Phi) is 5.74. The number of benzene rings is 1. The van der Waals surface area contributed by atoms with E-state index in [2.05, 4.69) is 10.1 Å². The summed E-state index contributed by atoms with van der Waals surface area (Å²) in [5.41, 5.74) is -0.344. The minimum Gasteiger partial charge on any atom is -0.477 e. The van der Waals surface area contributed by atoms with Crippen LogP contribution >= 0.6 is 11.6 Å². The predicted molar refractivity (Wildman–Crippen MR) is 91.7 cm³/mol. The standard InChI is InChI=1S/C17H16ClF3N2O4/c1-8-13(15(24)25)23(12-7-5-4-6-11(12)18)14(9(2)22-8)16(26)27-10(3)17(19,20)21/h4-7,10,22H,1-3H3,(H,24,25). The molecule has 0 amide bonds. The normalized spacial score (nSPS) is 16.2. The first-order chi connectivity index (χ1) is 12.4. The predicted octanol–water partition coefficient (Wildman–Crippen LogP) is 3.79. The molecule has 2 N–H and O–H groups in total. The van der Waals surface area contributed by atoms with Gasteiger partial charge in [0.15, 0.2) is 17.5 Å². The van der Waals surface area contributed by atoms with Crippen molar-refractivity contribution in [2.45, 2.75) is 33.1 Å². The highest BCUT2D eigenvalue weighted by molar-refractivity contribution is 6.33. The summed E-state index contributed by atoms with van der Waals surface area (Å²) in [4.78, 5) is 25.3. The van der Waals surface area contributed by atoms with Crippen LogP contribution in [0.5, 0.6) is 0 Å². The number of hydrogen-bond donors (Lipinski definition) is 2. The quantitative estimate of drug-likeness (QED) is 0.743. The molecule has 1 aliphatic heterocycles. The molecule has 10 heteroatoms. The number of carbonyl (C=O) groups is 2. The summed E-state index contributed by atoms with van der Waals surface area (Å²) in [6.45, 7) is 3.56. The van der Waals surface area contributed by atoms with Crippen LogP contribution in [0.25, 0.3) is 0 Å². The van der Waals surface area contributed by atoms with Gasteiger partial charge in [0.25, 0.3) is 0 Å². The molecule has 0 aliphatic carbocycles. The molecule has 0 saturated carbocycles. The van der Waals surface area contributed by atoms with Crippen LogP contribution in [0.2, 0.25) is 5.02 Å². The van der Waals surface area contributed by atoms with E-state index in [9.17, 15) is 27.9 Å². The summed E-state index contributed by atoms with van der Waals surface area (Å²) in [6, 6.07) is 6.04. The number of ether oxygens (including phenoxy) is 1. The van der Waals surface area contributed by atoms with Crippen molar-refractivity contribution in [3.63, 3.8) is 0 Å². The van der Waals surface area contributed by atoms with Gasteiger partial charge in [0, 0.05) is 11.4 Å². The number of carboxylic acids is 1. The van der Waals surface area contributed by atoms with Gasteiger partial charge in [0.2, 0.25) is 0 Å². The minimum absolute atomic E-state index is 0.105. The Morgan fingerprint density at radius 2 is 1.74 bits per heavy atom. The fourth-order valence-corrected chi connectivity index (χ4v) is 2.72. The van der Waals surface area contributed by atoms with Crippen LogP contribution in [0.3, 0.4) is 0 Å². The van der Waals surface area contributed by atoms with Gasteiger partial charge in [-0.15, -0.1) is 0 Å². The third-order valence-corrected chi connectivity index (χ3v) is 4.09. The SMILES string of the molecule is CC1=C(C(=O)O)N(c2ccccc2Cl)C(C(=O)OC(C)C(F)(F)F)=C(C)N1. The number of alkyl halides is 3. The lowest BCUT2D eigenvalue weighted by Gasteiger charge is -2.34. The maximum atomic E-state index is 12.8. The number of anilines is 1. The second kappa shape index (κ2) is 7.51. The molecule has 146 valence electrons. The topological polar surface area (TPSA) is 78.9 Å². The first kappa shape index (κ1) is 20.6. The maximum absolute atomic E-state index is 12.8. The molecule has 1 aliphatic rings. The molecule has 0 radical (unpaired) electrons. The summed E-state index contributed by atoms with van der Waals surface area (Å²) in [6.07, 6.45) is -7.14. The number of nitrogens with one attached hydrogen (secondary N) is 1. The molecule has 27 heavy (non-hydrogen) atoms. The smallest absolute Gasteiger partial charge is 0.425 e. The van der Waals surface area contributed by atoms with E-state index in [1.165, 1.54) is 26.0 Å². The number of nitrogens with zero attached hydrogens (tertiary/aromatic N) is 1. The highest BCUT2D eigenvalue weighted by Crippen LogP contribution is 2.36. The van der Waals surface area contributed by atoms with Gasteiger partial charge in [0.1, 0.15) is 0 Å². The molecule has 1 unspecified atom stereocenters.